The smallest absolute Gasteiger partial charge is 0.336 e. The van der Waals surface area contributed by atoms with Crippen LogP contribution in [0.25, 0.3) is 0 Å². The maximum atomic E-state index is 11.4. The zero-order chi connectivity index (χ0) is 11.8. The Morgan fingerprint density at radius 2 is 2.00 bits per heavy atom. The molecule has 16 heavy (non-hydrogen) atoms. The Morgan fingerprint density at radius 1 is 1.31 bits per heavy atom. The van der Waals surface area contributed by atoms with E-state index in [-0.39, 0.29) is 5.97 Å². The maximum Gasteiger partial charge on any atom is 0.336 e. The minimum absolute atomic E-state index is 0.335. The second kappa shape index (κ2) is 6.67. The first-order chi connectivity index (χ1) is 7.74. The van der Waals surface area contributed by atoms with Crippen molar-refractivity contribution in [3.05, 3.63) is 42.2 Å². The normalized spacial score (nSPS) is 11.0. The molecule has 0 N–H and O–H groups in total. The second-order valence-corrected chi connectivity index (χ2v) is 3.37. The van der Waals surface area contributed by atoms with E-state index in [0.29, 0.717) is 17.9 Å². The lowest BCUT2D eigenvalue weighted by atomic mass is 10.3. The third-order valence-corrected chi connectivity index (χ3v) is 1.87. The first-order valence-corrected chi connectivity index (χ1v) is 5.29. The molecule has 0 saturated carbocycles. The minimum Gasteiger partial charge on any atom is -0.464 e. The van der Waals surface area contributed by atoms with Crippen LogP contribution in [0.15, 0.2) is 42.2 Å². The number of esters is 1. The monoisotopic (exact) mass is 220 g/mol. The van der Waals surface area contributed by atoms with Crippen molar-refractivity contribution in [3.8, 4) is 5.75 Å². The van der Waals surface area contributed by atoms with E-state index in [0.717, 1.165) is 6.42 Å². The van der Waals surface area contributed by atoms with Gasteiger partial charge in [0, 0.05) is 0 Å². The molecule has 0 heterocycles. The van der Waals surface area contributed by atoms with Crippen molar-refractivity contribution in [2.45, 2.75) is 20.3 Å². The number of hydrogen-bond acceptors (Lipinski definition) is 3. The molecule has 3 heteroatoms. The summed E-state index contributed by atoms with van der Waals surface area (Å²) in [4.78, 5) is 11.4. The molecule has 3 nitrogen and oxygen atoms in total. The van der Waals surface area contributed by atoms with E-state index in [9.17, 15) is 4.79 Å². The van der Waals surface area contributed by atoms with Crippen molar-refractivity contribution in [1.82, 2.24) is 0 Å². The van der Waals surface area contributed by atoms with Crippen LogP contribution in [0, 0.1) is 0 Å². The van der Waals surface area contributed by atoms with E-state index in [1.165, 1.54) is 6.26 Å². The number of hydrogen-bond donors (Lipinski definition) is 0. The van der Waals surface area contributed by atoms with E-state index in [4.69, 9.17) is 9.47 Å². The molecule has 1 aromatic rings. The Labute approximate surface area is 95.7 Å². The SMILES string of the molecule is CCCOC(=O)C(C)=COc1ccccc1. The Bertz CT molecular complexity index is 355. The zero-order valence-electron chi connectivity index (χ0n) is 9.60. The van der Waals surface area contributed by atoms with Gasteiger partial charge in [-0.25, -0.2) is 4.79 Å². The summed E-state index contributed by atoms with van der Waals surface area (Å²) in [5.41, 5.74) is 0.456. The Hall–Kier alpha value is -1.77. The van der Waals surface area contributed by atoms with E-state index in [2.05, 4.69) is 0 Å². The predicted molar refractivity (Wildman–Crippen MR) is 62.1 cm³/mol. The van der Waals surface area contributed by atoms with Gasteiger partial charge in [0.05, 0.1) is 12.2 Å². The Balaban J connectivity index is 2.48. The summed E-state index contributed by atoms with van der Waals surface area (Å²) in [6.45, 7) is 4.06. The van der Waals surface area contributed by atoms with Gasteiger partial charge in [0.1, 0.15) is 12.0 Å². The van der Waals surface area contributed by atoms with Gasteiger partial charge in [-0.05, 0) is 25.5 Å². The van der Waals surface area contributed by atoms with Gasteiger partial charge < -0.3 is 9.47 Å². The largest absolute Gasteiger partial charge is 0.464 e. The van der Waals surface area contributed by atoms with E-state index < -0.39 is 0 Å². The second-order valence-electron chi connectivity index (χ2n) is 3.37. The van der Waals surface area contributed by atoms with Gasteiger partial charge in [-0.2, -0.15) is 0 Å². The molecule has 0 aliphatic carbocycles. The molecule has 0 saturated heterocycles. The Morgan fingerprint density at radius 3 is 2.62 bits per heavy atom. The first kappa shape index (κ1) is 12.3. The molecule has 0 aromatic heterocycles. The van der Waals surface area contributed by atoms with Crippen LogP contribution in [-0.4, -0.2) is 12.6 Å². The van der Waals surface area contributed by atoms with Gasteiger partial charge in [-0.15, -0.1) is 0 Å². The van der Waals surface area contributed by atoms with Crippen LogP contribution in [0.5, 0.6) is 5.75 Å². The molecule has 0 spiro atoms. The highest BCUT2D eigenvalue weighted by molar-refractivity contribution is 5.87. The standard InChI is InChI=1S/C13H16O3/c1-3-9-15-13(14)11(2)10-16-12-7-5-4-6-8-12/h4-8,10H,3,9H2,1-2H3. The molecule has 0 amide bonds. The van der Waals surface area contributed by atoms with E-state index in [1.807, 2.05) is 37.3 Å². The molecule has 0 unspecified atom stereocenters. The molecule has 0 bridgehead atoms. The third kappa shape index (κ3) is 4.17. The van der Waals surface area contributed by atoms with Crippen LogP contribution in [-0.2, 0) is 9.53 Å². The number of carbonyl (C=O) groups excluding carboxylic acids is 1. The average molecular weight is 220 g/mol. The van der Waals surface area contributed by atoms with Gasteiger partial charge in [-0.3, -0.25) is 0 Å². The van der Waals surface area contributed by atoms with Crippen molar-refractivity contribution in [2.24, 2.45) is 0 Å². The Kier molecular flexibility index (Phi) is 5.12. The van der Waals surface area contributed by atoms with Gasteiger partial charge in [0.2, 0.25) is 0 Å². The molecular weight excluding hydrogens is 204 g/mol. The highest BCUT2D eigenvalue weighted by Crippen LogP contribution is 2.09. The van der Waals surface area contributed by atoms with Gasteiger partial charge in [0.25, 0.3) is 0 Å². The average Bonchev–Trinajstić information content (AvgIpc) is 2.34. The molecule has 0 atom stereocenters. The molecule has 0 fully saturated rings. The number of rotatable bonds is 5. The lowest BCUT2D eigenvalue weighted by molar-refractivity contribution is -0.139. The van der Waals surface area contributed by atoms with E-state index in [1.54, 1.807) is 6.92 Å². The van der Waals surface area contributed by atoms with Crippen molar-refractivity contribution < 1.29 is 14.3 Å². The highest BCUT2D eigenvalue weighted by atomic mass is 16.5. The summed E-state index contributed by atoms with van der Waals surface area (Å²) in [5.74, 6) is 0.364. The number of para-hydroxylation sites is 1. The summed E-state index contributed by atoms with van der Waals surface area (Å²) >= 11 is 0. The third-order valence-electron chi connectivity index (χ3n) is 1.87. The number of ether oxygens (including phenoxy) is 2. The topological polar surface area (TPSA) is 35.5 Å². The van der Waals surface area contributed by atoms with Gasteiger partial charge in [-0.1, -0.05) is 25.1 Å². The van der Waals surface area contributed by atoms with Crippen molar-refractivity contribution >= 4 is 5.97 Å². The first-order valence-electron chi connectivity index (χ1n) is 5.29. The summed E-state index contributed by atoms with van der Waals surface area (Å²) in [5, 5.41) is 0. The summed E-state index contributed by atoms with van der Waals surface area (Å²) in [6, 6.07) is 9.28. The summed E-state index contributed by atoms with van der Waals surface area (Å²) in [7, 11) is 0. The molecule has 1 aromatic carbocycles. The zero-order valence-corrected chi connectivity index (χ0v) is 9.60. The van der Waals surface area contributed by atoms with Crippen LogP contribution in [0.3, 0.4) is 0 Å². The minimum atomic E-state index is -0.335. The molecule has 0 aliphatic rings. The lowest BCUT2D eigenvalue weighted by Gasteiger charge is -2.03. The van der Waals surface area contributed by atoms with Gasteiger partial charge >= 0.3 is 5.97 Å². The number of carbonyl (C=O) groups is 1. The van der Waals surface area contributed by atoms with Crippen LogP contribution in [0.2, 0.25) is 0 Å². The fourth-order valence-corrected chi connectivity index (χ4v) is 1.01. The molecule has 1 rings (SSSR count). The molecular formula is C13H16O3. The predicted octanol–water partition coefficient (Wildman–Crippen LogP) is 2.92. The van der Waals surface area contributed by atoms with Crippen LogP contribution in [0.1, 0.15) is 20.3 Å². The van der Waals surface area contributed by atoms with Crippen molar-refractivity contribution in [1.29, 1.82) is 0 Å². The highest BCUT2D eigenvalue weighted by Gasteiger charge is 2.05. The molecule has 0 radical (unpaired) electrons. The van der Waals surface area contributed by atoms with Crippen molar-refractivity contribution in [3.63, 3.8) is 0 Å². The summed E-state index contributed by atoms with van der Waals surface area (Å²) < 4.78 is 10.3. The van der Waals surface area contributed by atoms with Crippen LogP contribution in [0.4, 0.5) is 0 Å². The molecule has 86 valence electrons. The quantitative estimate of drug-likeness (QED) is 0.435. The van der Waals surface area contributed by atoms with E-state index >= 15 is 0 Å². The maximum absolute atomic E-state index is 11.4. The number of benzene rings is 1. The van der Waals surface area contributed by atoms with Crippen LogP contribution < -0.4 is 4.74 Å². The van der Waals surface area contributed by atoms with Crippen molar-refractivity contribution in [2.75, 3.05) is 6.61 Å². The van der Waals surface area contributed by atoms with Crippen LogP contribution >= 0.6 is 0 Å². The lowest BCUT2D eigenvalue weighted by Crippen LogP contribution is -2.07. The fourth-order valence-electron chi connectivity index (χ4n) is 1.01. The molecule has 0 aliphatic heterocycles. The fraction of sp³-hybridized carbons (Fsp3) is 0.308. The van der Waals surface area contributed by atoms with Gasteiger partial charge in [0.15, 0.2) is 0 Å². The summed E-state index contributed by atoms with van der Waals surface area (Å²) in [6.07, 6.45) is 2.23.